The summed E-state index contributed by atoms with van der Waals surface area (Å²) in [4.78, 5) is 27.9. The molecule has 0 saturated heterocycles. The monoisotopic (exact) mass is 504 g/mol. The van der Waals surface area contributed by atoms with Crippen LogP contribution in [-0.2, 0) is 17.8 Å². The first-order chi connectivity index (χ1) is 17.4. The molecule has 0 aliphatic heterocycles. The van der Waals surface area contributed by atoms with Gasteiger partial charge in [0, 0.05) is 27.7 Å². The van der Waals surface area contributed by atoms with E-state index in [2.05, 4.69) is 30.4 Å². The van der Waals surface area contributed by atoms with Crippen LogP contribution >= 0.6 is 11.6 Å². The number of carbonyl (C=O) groups is 2. The molecule has 5 nitrogen and oxygen atoms in total. The number of ether oxygens (including phenoxy) is 1. The Bertz CT molecular complexity index is 1190. The summed E-state index contributed by atoms with van der Waals surface area (Å²) in [6, 6.07) is 24.3. The molecule has 0 heterocycles. The van der Waals surface area contributed by atoms with Crippen molar-refractivity contribution in [1.82, 2.24) is 10.2 Å². The van der Waals surface area contributed by atoms with E-state index < -0.39 is 5.97 Å². The van der Waals surface area contributed by atoms with Gasteiger partial charge >= 0.3 is 5.97 Å². The van der Waals surface area contributed by atoms with E-state index in [1.807, 2.05) is 42.5 Å². The Morgan fingerprint density at radius 2 is 1.67 bits per heavy atom. The average Bonchev–Trinajstić information content (AvgIpc) is 2.89. The van der Waals surface area contributed by atoms with Crippen molar-refractivity contribution in [2.75, 3.05) is 14.1 Å². The summed E-state index contributed by atoms with van der Waals surface area (Å²) >= 11 is 6.22. The molecular weight excluding hydrogens is 472 g/mol. The first-order valence-corrected chi connectivity index (χ1v) is 12.8. The van der Waals surface area contributed by atoms with Crippen LogP contribution < -0.4 is 5.32 Å². The van der Waals surface area contributed by atoms with Gasteiger partial charge in [-0.25, -0.2) is 4.79 Å². The Hall–Kier alpha value is -3.15. The van der Waals surface area contributed by atoms with Gasteiger partial charge in [0.2, 0.25) is 0 Å². The molecule has 0 atom stereocenters. The van der Waals surface area contributed by atoms with Crippen molar-refractivity contribution in [3.63, 3.8) is 0 Å². The highest BCUT2D eigenvalue weighted by atomic mass is 35.5. The SMILES string of the molecule is CN(C)C1(Cc2cccc(Cl)c2)CCC(NC(=O)c2ccccc2COC(=O)c2ccccc2)CC1. The largest absolute Gasteiger partial charge is 0.457 e. The Labute approximate surface area is 218 Å². The molecule has 188 valence electrons. The topological polar surface area (TPSA) is 58.6 Å². The lowest BCUT2D eigenvalue weighted by atomic mass is 9.74. The number of likely N-dealkylation sites (N-methyl/N-ethyl adjacent to an activating group) is 1. The molecule has 0 radical (unpaired) electrons. The summed E-state index contributed by atoms with van der Waals surface area (Å²) in [6.45, 7) is 0.0470. The Morgan fingerprint density at radius 1 is 0.972 bits per heavy atom. The average molecular weight is 505 g/mol. The van der Waals surface area contributed by atoms with Crippen molar-refractivity contribution in [2.24, 2.45) is 0 Å². The van der Waals surface area contributed by atoms with Crippen LogP contribution in [0.15, 0.2) is 78.9 Å². The molecule has 1 amide bonds. The molecule has 1 saturated carbocycles. The van der Waals surface area contributed by atoms with Crippen LogP contribution in [0.25, 0.3) is 0 Å². The van der Waals surface area contributed by atoms with Crippen molar-refractivity contribution in [3.05, 3.63) is 106 Å². The Morgan fingerprint density at radius 3 is 2.36 bits per heavy atom. The quantitative estimate of drug-likeness (QED) is 0.387. The van der Waals surface area contributed by atoms with E-state index in [0.717, 1.165) is 37.1 Å². The molecule has 3 aromatic carbocycles. The number of halogens is 1. The fraction of sp³-hybridized carbons (Fsp3) is 0.333. The molecule has 1 fully saturated rings. The number of carbonyl (C=O) groups excluding carboxylic acids is 2. The van der Waals surface area contributed by atoms with Gasteiger partial charge in [0.1, 0.15) is 6.61 Å². The highest BCUT2D eigenvalue weighted by Crippen LogP contribution is 2.36. The lowest BCUT2D eigenvalue weighted by Crippen LogP contribution is -2.52. The lowest BCUT2D eigenvalue weighted by molar-refractivity contribution is 0.0469. The summed E-state index contributed by atoms with van der Waals surface area (Å²) in [5, 5.41) is 3.99. The van der Waals surface area contributed by atoms with E-state index >= 15 is 0 Å². The third-order valence-electron chi connectivity index (χ3n) is 7.25. The molecule has 36 heavy (non-hydrogen) atoms. The van der Waals surface area contributed by atoms with Crippen molar-refractivity contribution < 1.29 is 14.3 Å². The van der Waals surface area contributed by atoms with Crippen LogP contribution in [0.5, 0.6) is 0 Å². The summed E-state index contributed by atoms with van der Waals surface area (Å²) < 4.78 is 5.48. The first-order valence-electron chi connectivity index (χ1n) is 12.4. The normalized spacial score (nSPS) is 19.6. The third kappa shape index (κ3) is 6.34. The number of amides is 1. The molecule has 0 bridgehead atoms. The minimum Gasteiger partial charge on any atom is -0.457 e. The number of benzene rings is 3. The number of rotatable bonds is 8. The lowest BCUT2D eigenvalue weighted by Gasteiger charge is -2.45. The molecule has 3 aromatic rings. The van der Waals surface area contributed by atoms with E-state index in [1.165, 1.54) is 5.56 Å². The van der Waals surface area contributed by atoms with Crippen LogP contribution in [-0.4, -0.2) is 42.5 Å². The van der Waals surface area contributed by atoms with Gasteiger partial charge in [0.25, 0.3) is 5.91 Å². The third-order valence-corrected chi connectivity index (χ3v) is 7.49. The number of esters is 1. The zero-order chi connectivity index (χ0) is 25.5. The van der Waals surface area contributed by atoms with Crippen molar-refractivity contribution in [1.29, 1.82) is 0 Å². The summed E-state index contributed by atoms with van der Waals surface area (Å²) in [5.74, 6) is -0.531. The van der Waals surface area contributed by atoms with Crippen molar-refractivity contribution in [3.8, 4) is 0 Å². The van der Waals surface area contributed by atoms with Crippen LogP contribution in [0.2, 0.25) is 5.02 Å². The fourth-order valence-electron chi connectivity index (χ4n) is 5.04. The molecular formula is C30H33ClN2O3. The van der Waals surface area contributed by atoms with Gasteiger partial charge in [-0.3, -0.25) is 4.79 Å². The fourth-order valence-corrected chi connectivity index (χ4v) is 5.25. The molecule has 1 N–H and O–H groups in total. The van der Waals surface area contributed by atoms with Gasteiger partial charge in [-0.1, -0.05) is 60.1 Å². The van der Waals surface area contributed by atoms with Gasteiger partial charge in [-0.15, -0.1) is 0 Å². The highest BCUT2D eigenvalue weighted by Gasteiger charge is 2.37. The highest BCUT2D eigenvalue weighted by molar-refractivity contribution is 6.30. The second-order valence-electron chi connectivity index (χ2n) is 9.77. The first kappa shape index (κ1) is 25.9. The molecule has 1 aliphatic rings. The standard InChI is InChI=1S/C30H33ClN2O3/c1-33(2)30(20-22-9-8-13-25(31)19-22)17-15-26(16-18-30)32-28(34)27-14-7-6-12-24(27)21-36-29(35)23-10-4-3-5-11-23/h3-14,19,26H,15-18,20-21H2,1-2H3,(H,32,34). The number of nitrogens with one attached hydrogen (secondary N) is 1. The maximum atomic E-state index is 13.2. The molecule has 1 aliphatic carbocycles. The summed E-state index contributed by atoms with van der Waals surface area (Å²) in [6.07, 6.45) is 4.68. The van der Waals surface area contributed by atoms with Gasteiger partial charge in [0.15, 0.2) is 0 Å². The van der Waals surface area contributed by atoms with Gasteiger partial charge in [0.05, 0.1) is 5.56 Å². The predicted octanol–water partition coefficient (Wildman–Crippen LogP) is 5.91. The molecule has 4 rings (SSSR count). The zero-order valence-corrected chi connectivity index (χ0v) is 21.6. The minimum absolute atomic E-state index is 0.0372. The Kier molecular flexibility index (Phi) is 8.44. The Balaban J connectivity index is 1.37. The molecule has 0 spiro atoms. The maximum absolute atomic E-state index is 13.2. The second-order valence-corrected chi connectivity index (χ2v) is 10.2. The van der Waals surface area contributed by atoms with Crippen LogP contribution in [0.4, 0.5) is 0 Å². The number of nitrogens with zero attached hydrogens (tertiary/aromatic N) is 1. The second kappa shape index (κ2) is 11.7. The van der Waals surface area contributed by atoms with E-state index in [1.54, 1.807) is 30.3 Å². The van der Waals surface area contributed by atoms with E-state index in [9.17, 15) is 9.59 Å². The van der Waals surface area contributed by atoms with Crippen molar-refractivity contribution in [2.45, 2.75) is 50.3 Å². The summed E-state index contributed by atoms with van der Waals surface area (Å²) in [5.41, 5.74) is 3.00. The van der Waals surface area contributed by atoms with E-state index in [4.69, 9.17) is 16.3 Å². The van der Waals surface area contributed by atoms with E-state index in [0.29, 0.717) is 16.7 Å². The van der Waals surface area contributed by atoms with Crippen LogP contribution in [0.3, 0.4) is 0 Å². The van der Waals surface area contributed by atoms with Gasteiger partial charge in [-0.05, 0) is 82.1 Å². The van der Waals surface area contributed by atoms with Crippen LogP contribution in [0, 0.1) is 0 Å². The number of hydrogen-bond donors (Lipinski definition) is 1. The van der Waals surface area contributed by atoms with E-state index in [-0.39, 0.29) is 24.1 Å². The molecule has 0 aromatic heterocycles. The number of hydrogen-bond acceptors (Lipinski definition) is 4. The smallest absolute Gasteiger partial charge is 0.338 e. The maximum Gasteiger partial charge on any atom is 0.338 e. The minimum atomic E-state index is -0.405. The zero-order valence-electron chi connectivity index (χ0n) is 20.9. The van der Waals surface area contributed by atoms with Gasteiger partial charge in [-0.2, -0.15) is 0 Å². The molecule has 6 heteroatoms. The summed E-state index contributed by atoms with van der Waals surface area (Å²) in [7, 11) is 4.27. The van der Waals surface area contributed by atoms with Crippen molar-refractivity contribution >= 4 is 23.5 Å². The van der Waals surface area contributed by atoms with Gasteiger partial charge < -0.3 is 15.0 Å². The predicted molar refractivity (Wildman–Crippen MR) is 143 cm³/mol. The molecule has 0 unspecified atom stereocenters. The van der Waals surface area contributed by atoms with Crippen LogP contribution in [0.1, 0.15) is 57.5 Å².